The quantitative estimate of drug-likeness (QED) is 0.533. The van der Waals surface area contributed by atoms with Gasteiger partial charge in [0.2, 0.25) is 0 Å². The molecule has 9 nitrogen and oxygen atoms in total. The van der Waals surface area contributed by atoms with E-state index in [0.717, 1.165) is 5.56 Å². The summed E-state index contributed by atoms with van der Waals surface area (Å²) < 4.78 is 1.26. The van der Waals surface area contributed by atoms with Gasteiger partial charge in [-0.2, -0.15) is 4.68 Å². The van der Waals surface area contributed by atoms with Crippen LogP contribution in [0.25, 0.3) is 17.3 Å². The van der Waals surface area contributed by atoms with E-state index in [0.29, 0.717) is 16.5 Å². The fourth-order valence-corrected chi connectivity index (χ4v) is 3.01. The molecule has 28 heavy (non-hydrogen) atoms. The topological polar surface area (TPSA) is 111 Å². The summed E-state index contributed by atoms with van der Waals surface area (Å²) in [6.45, 7) is 1.77. The van der Waals surface area contributed by atoms with Crippen molar-refractivity contribution < 1.29 is 4.79 Å². The molecule has 1 amide bonds. The fraction of sp³-hybridized carbons (Fsp3) is 0.0556. The van der Waals surface area contributed by atoms with Crippen molar-refractivity contribution in [2.24, 2.45) is 0 Å². The summed E-state index contributed by atoms with van der Waals surface area (Å²) in [5, 5.41) is 12.6. The van der Waals surface area contributed by atoms with Crippen LogP contribution in [0.2, 0.25) is 0 Å². The molecule has 0 atom stereocenters. The molecule has 1 N–H and O–H groups in total. The van der Waals surface area contributed by atoms with Crippen molar-refractivity contribution in [3.63, 3.8) is 0 Å². The van der Waals surface area contributed by atoms with E-state index in [4.69, 9.17) is 0 Å². The van der Waals surface area contributed by atoms with Gasteiger partial charge >= 0.3 is 0 Å². The molecule has 4 aromatic heterocycles. The van der Waals surface area contributed by atoms with Crippen molar-refractivity contribution in [2.45, 2.75) is 6.92 Å². The van der Waals surface area contributed by atoms with Crippen LogP contribution < -0.4 is 5.32 Å². The van der Waals surface area contributed by atoms with Crippen LogP contribution in [0.5, 0.6) is 0 Å². The molecule has 0 unspecified atom stereocenters. The lowest BCUT2D eigenvalue weighted by Crippen LogP contribution is -2.18. The highest BCUT2D eigenvalue weighted by molar-refractivity contribution is 7.14. The van der Waals surface area contributed by atoms with Crippen molar-refractivity contribution in [3.8, 4) is 29.2 Å². The van der Waals surface area contributed by atoms with E-state index in [2.05, 4.69) is 47.4 Å². The third-order valence-electron chi connectivity index (χ3n) is 3.54. The molecule has 0 radical (unpaired) electrons. The Labute approximate surface area is 163 Å². The molecule has 10 heteroatoms. The lowest BCUT2D eigenvalue weighted by atomic mass is 10.2. The molecule has 0 spiro atoms. The highest BCUT2D eigenvalue weighted by Crippen LogP contribution is 2.24. The summed E-state index contributed by atoms with van der Waals surface area (Å²) in [6, 6.07) is 5.39. The first-order valence-electron chi connectivity index (χ1n) is 8.09. The Bertz CT molecular complexity index is 1170. The lowest BCUT2D eigenvalue weighted by Gasteiger charge is -2.03. The van der Waals surface area contributed by atoms with Gasteiger partial charge in [-0.25, -0.2) is 15.0 Å². The van der Waals surface area contributed by atoms with E-state index in [1.165, 1.54) is 22.2 Å². The molecule has 0 aromatic carbocycles. The lowest BCUT2D eigenvalue weighted by molar-refractivity contribution is 0.101. The number of pyridine rings is 1. The van der Waals surface area contributed by atoms with Gasteiger partial charge in [-0.05, 0) is 25.1 Å². The van der Waals surface area contributed by atoms with Crippen LogP contribution in [0.1, 0.15) is 23.0 Å². The number of carbonyl (C=O) groups is 1. The van der Waals surface area contributed by atoms with Crippen molar-refractivity contribution in [2.75, 3.05) is 5.32 Å². The largest absolute Gasteiger partial charge is 0.296 e. The first kappa shape index (κ1) is 17.4. The first-order chi connectivity index (χ1) is 13.7. The van der Waals surface area contributed by atoms with Gasteiger partial charge in [0, 0.05) is 29.5 Å². The van der Waals surface area contributed by atoms with Crippen molar-refractivity contribution in [1.82, 2.24) is 34.9 Å². The van der Waals surface area contributed by atoms with Crippen molar-refractivity contribution in [3.05, 3.63) is 59.6 Å². The number of nitrogens with one attached hydrogen (secondary N) is 1. The Kier molecular flexibility index (Phi) is 4.81. The Balaban J connectivity index is 1.52. The molecule has 0 bridgehead atoms. The van der Waals surface area contributed by atoms with Gasteiger partial charge < -0.3 is 0 Å². The average molecular weight is 388 g/mol. The predicted molar refractivity (Wildman–Crippen MR) is 103 cm³/mol. The second-order valence-electron chi connectivity index (χ2n) is 5.38. The standard InChI is InChI=1S/C18H12N8OS/c1-2-4-12-5-6-13(21-9-12)14-11-28-18(23-14)24-16(27)15-10-22-25-26(15)17-19-7-3-8-20-17/h3,5-11H,1H3,(H,23,24,27). The second kappa shape index (κ2) is 7.73. The zero-order valence-corrected chi connectivity index (χ0v) is 15.4. The van der Waals surface area contributed by atoms with Gasteiger partial charge in [0.1, 0.15) is 5.69 Å². The third-order valence-corrected chi connectivity index (χ3v) is 4.30. The minimum absolute atomic E-state index is 0.198. The number of hydrogen-bond donors (Lipinski definition) is 1. The number of anilines is 1. The van der Waals surface area contributed by atoms with Gasteiger partial charge in [-0.15, -0.1) is 22.4 Å². The van der Waals surface area contributed by atoms with Gasteiger partial charge in [-0.1, -0.05) is 11.1 Å². The predicted octanol–water partition coefficient (Wildman–Crippen LogP) is 2.20. The summed E-state index contributed by atoms with van der Waals surface area (Å²) in [4.78, 5) is 29.5. The Morgan fingerprint density at radius 2 is 2.00 bits per heavy atom. The Hall–Kier alpha value is -3.97. The molecule has 0 aliphatic rings. The molecule has 0 aliphatic heterocycles. The summed E-state index contributed by atoms with van der Waals surface area (Å²) >= 11 is 1.29. The molecular weight excluding hydrogens is 376 g/mol. The molecule has 0 saturated heterocycles. The van der Waals surface area contributed by atoms with Crippen LogP contribution in [0.4, 0.5) is 5.13 Å². The first-order valence-corrected chi connectivity index (χ1v) is 8.97. The monoisotopic (exact) mass is 388 g/mol. The van der Waals surface area contributed by atoms with Crippen LogP contribution in [-0.2, 0) is 0 Å². The number of carbonyl (C=O) groups excluding carboxylic acids is 1. The van der Waals surface area contributed by atoms with E-state index < -0.39 is 5.91 Å². The zero-order valence-electron chi connectivity index (χ0n) is 14.6. The highest BCUT2D eigenvalue weighted by atomic mass is 32.1. The SMILES string of the molecule is CC#Cc1ccc(-c2csc(NC(=O)c3cnnn3-c3ncccn3)n2)nc1. The van der Waals surface area contributed by atoms with Gasteiger partial charge in [0.15, 0.2) is 10.8 Å². The fourth-order valence-electron chi connectivity index (χ4n) is 2.31. The minimum atomic E-state index is -0.417. The number of hydrogen-bond acceptors (Lipinski definition) is 8. The molecule has 0 fully saturated rings. The summed E-state index contributed by atoms with van der Waals surface area (Å²) in [7, 11) is 0. The number of aromatic nitrogens is 7. The van der Waals surface area contributed by atoms with Gasteiger partial charge in [0.25, 0.3) is 11.9 Å². The van der Waals surface area contributed by atoms with E-state index in [-0.39, 0.29) is 11.6 Å². The van der Waals surface area contributed by atoms with Gasteiger partial charge in [-0.3, -0.25) is 15.1 Å². The summed E-state index contributed by atoms with van der Waals surface area (Å²) in [5.74, 6) is 5.60. The maximum Gasteiger partial charge on any atom is 0.277 e. The number of nitrogens with zero attached hydrogens (tertiary/aromatic N) is 7. The Morgan fingerprint density at radius 3 is 2.75 bits per heavy atom. The molecule has 4 heterocycles. The molecular formula is C18H12N8OS. The molecule has 0 saturated carbocycles. The zero-order chi connectivity index (χ0) is 19.3. The number of thiazole rings is 1. The Morgan fingerprint density at radius 1 is 1.14 bits per heavy atom. The smallest absolute Gasteiger partial charge is 0.277 e. The molecule has 136 valence electrons. The maximum atomic E-state index is 12.6. The van der Waals surface area contributed by atoms with E-state index in [1.54, 1.807) is 31.6 Å². The van der Waals surface area contributed by atoms with Crippen LogP contribution in [0, 0.1) is 11.8 Å². The number of amides is 1. The third kappa shape index (κ3) is 3.60. The van der Waals surface area contributed by atoms with Crippen LogP contribution in [0.15, 0.2) is 48.4 Å². The van der Waals surface area contributed by atoms with E-state index in [9.17, 15) is 4.79 Å². The van der Waals surface area contributed by atoms with Crippen molar-refractivity contribution >= 4 is 22.4 Å². The average Bonchev–Trinajstić information content (AvgIpc) is 3.39. The second-order valence-corrected chi connectivity index (χ2v) is 6.24. The summed E-state index contributed by atoms with van der Waals surface area (Å²) in [5.41, 5.74) is 2.39. The molecule has 4 aromatic rings. The van der Waals surface area contributed by atoms with Crippen molar-refractivity contribution in [1.29, 1.82) is 0 Å². The van der Waals surface area contributed by atoms with Crippen LogP contribution in [-0.4, -0.2) is 40.8 Å². The van der Waals surface area contributed by atoms with E-state index in [1.807, 2.05) is 17.5 Å². The summed E-state index contributed by atoms with van der Waals surface area (Å²) in [6.07, 6.45) is 6.15. The maximum absolute atomic E-state index is 12.6. The van der Waals surface area contributed by atoms with E-state index >= 15 is 0 Å². The normalized spacial score (nSPS) is 10.2. The number of rotatable bonds is 4. The highest BCUT2D eigenvalue weighted by Gasteiger charge is 2.18. The molecule has 0 aliphatic carbocycles. The van der Waals surface area contributed by atoms with Gasteiger partial charge in [0.05, 0.1) is 11.9 Å². The molecule has 4 rings (SSSR count). The van der Waals surface area contributed by atoms with Crippen LogP contribution in [0.3, 0.4) is 0 Å². The minimum Gasteiger partial charge on any atom is -0.296 e. The van der Waals surface area contributed by atoms with Crippen LogP contribution >= 0.6 is 11.3 Å².